The Hall–Kier alpha value is -0.810. The first-order valence-corrected chi connectivity index (χ1v) is 5.60. The van der Waals surface area contributed by atoms with Crippen LogP contribution < -0.4 is 0 Å². The molecule has 0 spiro atoms. The van der Waals surface area contributed by atoms with Gasteiger partial charge in [0.25, 0.3) is 0 Å². The lowest BCUT2D eigenvalue weighted by molar-refractivity contribution is 0.874. The maximum atomic E-state index is 9.08. The third-order valence-electron chi connectivity index (χ3n) is 2.58. The van der Waals surface area contributed by atoms with E-state index in [0.29, 0.717) is 5.92 Å². The van der Waals surface area contributed by atoms with Crippen molar-refractivity contribution in [2.45, 2.75) is 39.0 Å². The monoisotopic (exact) mass is 191 g/mol. The lowest BCUT2D eigenvalue weighted by atomic mass is 10.0. The van der Waals surface area contributed by atoms with Crippen molar-refractivity contribution in [3.05, 3.63) is 20.9 Å². The van der Waals surface area contributed by atoms with E-state index in [2.05, 4.69) is 19.9 Å². The molecule has 1 aliphatic rings. The van der Waals surface area contributed by atoms with Gasteiger partial charge in [0.15, 0.2) is 0 Å². The highest BCUT2D eigenvalue weighted by Gasteiger charge is 2.22. The predicted octanol–water partition coefficient (Wildman–Crippen LogP) is 3.23. The minimum atomic E-state index is 0.505. The molecular weight excluding hydrogens is 178 g/mol. The van der Waals surface area contributed by atoms with Crippen molar-refractivity contribution < 1.29 is 0 Å². The van der Waals surface area contributed by atoms with E-state index in [1.165, 1.54) is 28.2 Å². The van der Waals surface area contributed by atoms with Gasteiger partial charge in [-0.15, -0.1) is 11.3 Å². The molecular formula is C11H13NS. The number of aryl methyl sites for hydroxylation is 1. The van der Waals surface area contributed by atoms with Crippen LogP contribution in [0.2, 0.25) is 0 Å². The van der Waals surface area contributed by atoms with Crippen molar-refractivity contribution in [1.82, 2.24) is 0 Å². The highest BCUT2D eigenvalue weighted by molar-refractivity contribution is 7.12. The summed E-state index contributed by atoms with van der Waals surface area (Å²) in [6.07, 6.45) is 3.57. The van der Waals surface area contributed by atoms with Gasteiger partial charge in [-0.25, -0.2) is 0 Å². The van der Waals surface area contributed by atoms with Gasteiger partial charge in [-0.3, -0.25) is 0 Å². The molecule has 68 valence electrons. The van der Waals surface area contributed by atoms with Crippen LogP contribution in [0.4, 0.5) is 0 Å². The van der Waals surface area contributed by atoms with Crippen molar-refractivity contribution in [1.29, 1.82) is 5.26 Å². The Balaban J connectivity index is 2.55. The Morgan fingerprint density at radius 2 is 2.15 bits per heavy atom. The van der Waals surface area contributed by atoms with E-state index in [1.54, 1.807) is 0 Å². The minimum absolute atomic E-state index is 0.505. The molecule has 0 N–H and O–H groups in total. The Morgan fingerprint density at radius 3 is 2.77 bits per heavy atom. The Morgan fingerprint density at radius 1 is 1.38 bits per heavy atom. The summed E-state index contributed by atoms with van der Waals surface area (Å²) >= 11 is 1.86. The molecule has 0 amide bonds. The smallest absolute Gasteiger partial charge is 0.101 e. The first kappa shape index (κ1) is 8.77. The standard InChI is InChI=1S/C11H13NS/c1-7(2)11-9(6-12)8-4-3-5-10(8)13-11/h7H,3-5H2,1-2H3. The number of nitrogens with zero attached hydrogens (tertiary/aromatic N) is 1. The summed E-state index contributed by atoms with van der Waals surface area (Å²) in [4.78, 5) is 2.77. The third kappa shape index (κ3) is 1.28. The molecule has 2 rings (SSSR count). The summed E-state index contributed by atoms with van der Waals surface area (Å²) < 4.78 is 0. The number of nitriles is 1. The van der Waals surface area contributed by atoms with Crippen LogP contribution in [0, 0.1) is 11.3 Å². The molecule has 0 fully saturated rings. The summed E-state index contributed by atoms with van der Waals surface area (Å²) in [5.74, 6) is 0.505. The summed E-state index contributed by atoms with van der Waals surface area (Å²) in [6, 6.07) is 2.37. The van der Waals surface area contributed by atoms with Crippen LogP contribution in [0.1, 0.15) is 47.1 Å². The van der Waals surface area contributed by atoms with Gasteiger partial charge in [-0.05, 0) is 30.7 Å². The molecule has 0 unspecified atom stereocenters. The second kappa shape index (κ2) is 3.16. The predicted molar refractivity (Wildman–Crippen MR) is 55.1 cm³/mol. The van der Waals surface area contributed by atoms with E-state index in [9.17, 15) is 0 Å². The zero-order chi connectivity index (χ0) is 9.42. The van der Waals surface area contributed by atoms with E-state index < -0.39 is 0 Å². The SMILES string of the molecule is CC(C)c1sc2c(c1C#N)CCC2. The molecule has 2 heteroatoms. The van der Waals surface area contributed by atoms with Gasteiger partial charge in [0.2, 0.25) is 0 Å². The maximum absolute atomic E-state index is 9.08. The fraction of sp³-hybridized carbons (Fsp3) is 0.545. The van der Waals surface area contributed by atoms with Crippen LogP contribution in [-0.2, 0) is 12.8 Å². The number of fused-ring (bicyclic) bond motifs is 1. The molecule has 0 radical (unpaired) electrons. The van der Waals surface area contributed by atoms with E-state index in [1.807, 2.05) is 11.3 Å². The van der Waals surface area contributed by atoms with E-state index in [0.717, 1.165) is 12.0 Å². The van der Waals surface area contributed by atoms with E-state index in [-0.39, 0.29) is 0 Å². The Kier molecular flexibility index (Phi) is 2.13. The summed E-state index contributed by atoms with van der Waals surface area (Å²) in [7, 11) is 0. The van der Waals surface area contributed by atoms with Gasteiger partial charge in [-0.2, -0.15) is 5.26 Å². The summed E-state index contributed by atoms with van der Waals surface area (Å²) in [6.45, 7) is 4.34. The number of thiophene rings is 1. The molecule has 0 saturated heterocycles. The van der Waals surface area contributed by atoms with Gasteiger partial charge in [0.1, 0.15) is 6.07 Å². The normalized spacial score (nSPS) is 14.6. The molecule has 1 aromatic heterocycles. The van der Waals surface area contributed by atoms with Crippen LogP contribution in [0.5, 0.6) is 0 Å². The van der Waals surface area contributed by atoms with Crippen molar-refractivity contribution in [3.8, 4) is 6.07 Å². The van der Waals surface area contributed by atoms with Gasteiger partial charge in [-0.1, -0.05) is 13.8 Å². The molecule has 0 atom stereocenters. The first-order valence-electron chi connectivity index (χ1n) is 4.78. The molecule has 1 nitrogen and oxygen atoms in total. The molecule has 0 saturated carbocycles. The van der Waals surface area contributed by atoms with E-state index in [4.69, 9.17) is 5.26 Å². The Labute approximate surface area is 83.0 Å². The van der Waals surface area contributed by atoms with Crippen LogP contribution in [0.3, 0.4) is 0 Å². The molecule has 0 bridgehead atoms. The zero-order valence-corrected chi connectivity index (χ0v) is 8.87. The Bertz CT molecular complexity index is 368. The second-order valence-electron chi connectivity index (χ2n) is 3.86. The minimum Gasteiger partial charge on any atom is -0.192 e. The lowest BCUT2D eigenvalue weighted by Gasteiger charge is -2.01. The van der Waals surface area contributed by atoms with Gasteiger partial charge in [0.05, 0.1) is 5.56 Å². The summed E-state index contributed by atoms with van der Waals surface area (Å²) in [5, 5.41) is 9.08. The van der Waals surface area contributed by atoms with Gasteiger partial charge < -0.3 is 0 Å². The molecule has 1 heterocycles. The van der Waals surface area contributed by atoms with Crippen LogP contribution in [-0.4, -0.2) is 0 Å². The highest BCUT2D eigenvalue weighted by Crippen LogP contribution is 2.38. The lowest BCUT2D eigenvalue weighted by Crippen LogP contribution is -1.89. The van der Waals surface area contributed by atoms with Crippen LogP contribution in [0.15, 0.2) is 0 Å². The molecule has 0 aliphatic heterocycles. The highest BCUT2D eigenvalue weighted by atomic mass is 32.1. The van der Waals surface area contributed by atoms with Crippen molar-refractivity contribution in [2.24, 2.45) is 0 Å². The number of hydrogen-bond acceptors (Lipinski definition) is 2. The first-order chi connectivity index (χ1) is 6.24. The fourth-order valence-corrected chi connectivity index (χ4v) is 3.30. The fourth-order valence-electron chi connectivity index (χ4n) is 1.95. The van der Waals surface area contributed by atoms with Crippen molar-refractivity contribution in [2.75, 3.05) is 0 Å². The van der Waals surface area contributed by atoms with Crippen LogP contribution in [0.25, 0.3) is 0 Å². The van der Waals surface area contributed by atoms with Crippen LogP contribution >= 0.6 is 11.3 Å². The van der Waals surface area contributed by atoms with Crippen molar-refractivity contribution in [3.63, 3.8) is 0 Å². The maximum Gasteiger partial charge on any atom is 0.101 e. The molecule has 1 aromatic rings. The average molecular weight is 191 g/mol. The largest absolute Gasteiger partial charge is 0.192 e. The molecule has 13 heavy (non-hydrogen) atoms. The third-order valence-corrected chi connectivity index (χ3v) is 4.18. The molecule has 1 aliphatic carbocycles. The second-order valence-corrected chi connectivity index (χ2v) is 5.00. The zero-order valence-electron chi connectivity index (χ0n) is 8.05. The van der Waals surface area contributed by atoms with Gasteiger partial charge >= 0.3 is 0 Å². The van der Waals surface area contributed by atoms with E-state index >= 15 is 0 Å². The van der Waals surface area contributed by atoms with Gasteiger partial charge in [0, 0.05) is 9.75 Å². The number of rotatable bonds is 1. The topological polar surface area (TPSA) is 23.8 Å². The molecule has 0 aromatic carbocycles. The quantitative estimate of drug-likeness (QED) is 0.668. The number of hydrogen-bond donors (Lipinski definition) is 0. The summed E-state index contributed by atoms with van der Waals surface area (Å²) in [5.41, 5.74) is 2.35. The average Bonchev–Trinajstić information content (AvgIpc) is 2.60. The van der Waals surface area contributed by atoms with Crippen molar-refractivity contribution >= 4 is 11.3 Å².